The molecule has 202 valence electrons. The first-order valence-corrected chi connectivity index (χ1v) is 14.3. The molecule has 4 rings (SSSR count). The van der Waals surface area contributed by atoms with Crippen LogP contribution < -0.4 is 14.4 Å². The molecule has 0 unspecified atom stereocenters. The molecule has 0 radical (unpaired) electrons. The SMILES string of the molecule is Cc1c(NS(C)(=O)=O)cccc1N(Cc1ccc(OC/C=C/c2ccccc2)cc1)Cc1ccc(F)cc1F. The second-order valence-corrected chi connectivity index (χ2v) is 10.9. The molecule has 0 fully saturated rings. The number of ether oxygens (including phenoxy) is 1. The van der Waals surface area contributed by atoms with E-state index in [4.69, 9.17) is 4.74 Å². The Bertz CT molecular complexity index is 1540. The van der Waals surface area contributed by atoms with Crippen LogP contribution in [0.2, 0.25) is 0 Å². The Morgan fingerprint density at radius 1 is 0.897 bits per heavy atom. The molecule has 0 heterocycles. The Labute approximate surface area is 228 Å². The molecule has 5 nitrogen and oxygen atoms in total. The normalized spacial score (nSPS) is 11.5. The van der Waals surface area contributed by atoms with Gasteiger partial charge in [-0.05, 0) is 60.0 Å². The Hall–Kier alpha value is -4.17. The van der Waals surface area contributed by atoms with Crippen molar-refractivity contribution in [1.29, 1.82) is 0 Å². The van der Waals surface area contributed by atoms with Crippen molar-refractivity contribution in [3.05, 3.63) is 131 Å². The van der Waals surface area contributed by atoms with E-state index in [1.807, 2.05) is 77.7 Å². The summed E-state index contributed by atoms with van der Waals surface area (Å²) in [6.45, 7) is 2.77. The van der Waals surface area contributed by atoms with Gasteiger partial charge in [-0.2, -0.15) is 0 Å². The highest BCUT2D eigenvalue weighted by atomic mass is 32.2. The van der Waals surface area contributed by atoms with Crippen LogP contribution in [0.25, 0.3) is 6.08 Å². The van der Waals surface area contributed by atoms with E-state index in [1.54, 1.807) is 19.1 Å². The van der Waals surface area contributed by atoms with Crippen LogP contribution in [0.4, 0.5) is 20.2 Å². The molecule has 0 aliphatic rings. The monoisotopic (exact) mass is 548 g/mol. The van der Waals surface area contributed by atoms with Gasteiger partial charge in [0.2, 0.25) is 10.0 Å². The first-order chi connectivity index (χ1) is 18.7. The van der Waals surface area contributed by atoms with Crippen molar-refractivity contribution in [2.24, 2.45) is 0 Å². The lowest BCUT2D eigenvalue weighted by Gasteiger charge is -2.28. The maximum Gasteiger partial charge on any atom is 0.229 e. The van der Waals surface area contributed by atoms with Crippen LogP contribution in [0.5, 0.6) is 5.75 Å². The predicted molar refractivity (Wildman–Crippen MR) is 153 cm³/mol. The summed E-state index contributed by atoms with van der Waals surface area (Å²) in [5.41, 5.74) is 4.20. The Kier molecular flexibility index (Phi) is 8.99. The lowest BCUT2D eigenvalue weighted by molar-refractivity contribution is 0.363. The number of anilines is 2. The average Bonchev–Trinajstić information content (AvgIpc) is 2.90. The molecule has 0 aromatic heterocycles. The molecule has 0 spiro atoms. The zero-order chi connectivity index (χ0) is 27.8. The van der Waals surface area contributed by atoms with Crippen molar-refractivity contribution in [3.8, 4) is 5.75 Å². The molecule has 4 aromatic rings. The third-order valence-corrected chi connectivity index (χ3v) is 6.66. The van der Waals surface area contributed by atoms with E-state index < -0.39 is 21.7 Å². The summed E-state index contributed by atoms with van der Waals surface area (Å²) in [7, 11) is -3.49. The van der Waals surface area contributed by atoms with Crippen LogP contribution in [0.1, 0.15) is 22.3 Å². The molecule has 0 bridgehead atoms. The molecule has 0 amide bonds. The van der Waals surface area contributed by atoms with Gasteiger partial charge in [0.25, 0.3) is 0 Å². The Balaban J connectivity index is 1.53. The molecule has 0 saturated heterocycles. The molecular weight excluding hydrogens is 518 g/mol. The number of sulfonamides is 1. The highest BCUT2D eigenvalue weighted by Crippen LogP contribution is 2.30. The summed E-state index contributed by atoms with van der Waals surface area (Å²) in [5, 5.41) is 0. The standard InChI is InChI=1S/C31H30F2N2O3S/c1-23-30(34-39(2,36)37)11-6-12-31(23)35(22-26-15-16-27(32)20-29(26)33)21-25-13-17-28(18-14-25)38-19-7-10-24-8-4-3-5-9-24/h3-18,20,34H,19,21-22H2,1-2H3/b10-7+. The molecule has 39 heavy (non-hydrogen) atoms. The van der Waals surface area contributed by atoms with Crippen LogP contribution in [-0.2, 0) is 23.1 Å². The van der Waals surface area contributed by atoms with Crippen LogP contribution in [0, 0.1) is 18.6 Å². The lowest BCUT2D eigenvalue weighted by atomic mass is 10.1. The highest BCUT2D eigenvalue weighted by molar-refractivity contribution is 7.92. The number of nitrogens with zero attached hydrogens (tertiary/aromatic N) is 1. The molecular formula is C31H30F2N2O3S. The van der Waals surface area contributed by atoms with Crippen molar-refractivity contribution in [2.75, 3.05) is 22.5 Å². The van der Waals surface area contributed by atoms with E-state index in [0.29, 0.717) is 35.7 Å². The van der Waals surface area contributed by atoms with Gasteiger partial charge in [-0.3, -0.25) is 4.72 Å². The topological polar surface area (TPSA) is 58.6 Å². The van der Waals surface area contributed by atoms with Crippen molar-refractivity contribution >= 4 is 27.5 Å². The molecule has 0 atom stereocenters. The number of halogens is 2. The largest absolute Gasteiger partial charge is 0.490 e. The summed E-state index contributed by atoms with van der Waals surface area (Å²) in [5.74, 6) is -0.578. The molecule has 0 aliphatic carbocycles. The van der Waals surface area contributed by atoms with Crippen molar-refractivity contribution in [3.63, 3.8) is 0 Å². The second-order valence-electron chi connectivity index (χ2n) is 9.18. The zero-order valence-corrected chi connectivity index (χ0v) is 22.6. The third kappa shape index (κ3) is 8.15. The molecule has 0 aliphatic heterocycles. The molecule has 4 aromatic carbocycles. The molecule has 1 N–H and O–H groups in total. The van der Waals surface area contributed by atoms with E-state index >= 15 is 0 Å². The van der Waals surface area contributed by atoms with Crippen LogP contribution in [0.3, 0.4) is 0 Å². The Morgan fingerprint density at radius 3 is 2.33 bits per heavy atom. The van der Waals surface area contributed by atoms with Crippen molar-refractivity contribution in [1.82, 2.24) is 0 Å². The van der Waals surface area contributed by atoms with Gasteiger partial charge in [0.15, 0.2) is 0 Å². The van der Waals surface area contributed by atoms with E-state index in [2.05, 4.69) is 4.72 Å². The quantitative estimate of drug-likeness (QED) is 0.221. The minimum atomic E-state index is -3.49. The number of nitrogens with one attached hydrogen (secondary N) is 1. The number of rotatable bonds is 11. The number of hydrogen-bond acceptors (Lipinski definition) is 4. The van der Waals surface area contributed by atoms with Gasteiger partial charge >= 0.3 is 0 Å². The maximum absolute atomic E-state index is 14.6. The van der Waals surface area contributed by atoms with Gasteiger partial charge < -0.3 is 9.64 Å². The number of hydrogen-bond donors (Lipinski definition) is 1. The van der Waals surface area contributed by atoms with Gasteiger partial charge in [0.1, 0.15) is 24.0 Å². The summed E-state index contributed by atoms with van der Waals surface area (Å²) in [6, 6.07) is 26.3. The summed E-state index contributed by atoms with van der Waals surface area (Å²) in [6.07, 6.45) is 5.03. The van der Waals surface area contributed by atoms with E-state index in [1.165, 1.54) is 12.1 Å². The van der Waals surface area contributed by atoms with Crippen LogP contribution in [0.15, 0.2) is 97.1 Å². The summed E-state index contributed by atoms with van der Waals surface area (Å²) in [4.78, 5) is 1.93. The van der Waals surface area contributed by atoms with Gasteiger partial charge in [-0.15, -0.1) is 0 Å². The minimum absolute atomic E-state index is 0.151. The fraction of sp³-hybridized carbons (Fsp3) is 0.161. The van der Waals surface area contributed by atoms with Crippen molar-refractivity contribution in [2.45, 2.75) is 20.0 Å². The fourth-order valence-corrected chi connectivity index (χ4v) is 4.78. The average molecular weight is 549 g/mol. The van der Waals surface area contributed by atoms with Crippen LogP contribution in [-0.4, -0.2) is 21.3 Å². The first kappa shape index (κ1) is 27.9. The lowest BCUT2D eigenvalue weighted by Crippen LogP contribution is -2.24. The third-order valence-electron chi connectivity index (χ3n) is 6.07. The number of benzene rings is 4. The summed E-state index contributed by atoms with van der Waals surface area (Å²) < 4.78 is 60.2. The van der Waals surface area contributed by atoms with Gasteiger partial charge in [0.05, 0.1) is 11.9 Å². The molecule has 8 heteroatoms. The van der Waals surface area contributed by atoms with Gasteiger partial charge in [0, 0.05) is 30.4 Å². The Morgan fingerprint density at radius 2 is 1.64 bits per heavy atom. The summed E-state index contributed by atoms with van der Waals surface area (Å²) >= 11 is 0. The van der Waals surface area contributed by atoms with Crippen molar-refractivity contribution < 1.29 is 21.9 Å². The fourth-order valence-electron chi connectivity index (χ4n) is 4.16. The highest BCUT2D eigenvalue weighted by Gasteiger charge is 2.17. The van der Waals surface area contributed by atoms with E-state index in [0.717, 1.165) is 29.1 Å². The molecule has 0 saturated carbocycles. The minimum Gasteiger partial charge on any atom is -0.490 e. The smallest absolute Gasteiger partial charge is 0.229 e. The maximum atomic E-state index is 14.6. The predicted octanol–water partition coefficient (Wildman–Crippen LogP) is 6.94. The second kappa shape index (κ2) is 12.6. The first-order valence-electron chi connectivity index (χ1n) is 12.4. The van der Waals surface area contributed by atoms with E-state index in [9.17, 15) is 17.2 Å². The van der Waals surface area contributed by atoms with Crippen LogP contribution >= 0.6 is 0 Å². The van der Waals surface area contributed by atoms with Gasteiger partial charge in [-0.25, -0.2) is 17.2 Å². The van der Waals surface area contributed by atoms with Gasteiger partial charge in [-0.1, -0.05) is 60.7 Å². The zero-order valence-electron chi connectivity index (χ0n) is 21.8. The van der Waals surface area contributed by atoms with E-state index in [-0.39, 0.29) is 6.54 Å².